The Labute approximate surface area is 97.9 Å². The number of hydrogen-bond donors (Lipinski definition) is 1. The lowest BCUT2D eigenvalue weighted by atomic mass is 10.2. The van der Waals surface area contributed by atoms with E-state index in [0.717, 1.165) is 0 Å². The molecule has 0 aromatic rings. The first kappa shape index (κ1) is 13.4. The molecule has 92 valence electrons. The Morgan fingerprint density at radius 3 is 2.31 bits per heavy atom. The largest absolute Gasteiger partial charge is 0.414 e. The highest BCUT2D eigenvalue weighted by Gasteiger charge is 2.39. The lowest BCUT2D eigenvalue weighted by molar-refractivity contribution is -0.122. The number of carbonyl (C=O) groups is 2. The maximum Gasteiger partial charge on any atom is 0.228 e. The highest BCUT2D eigenvalue weighted by Crippen LogP contribution is 2.36. The lowest BCUT2D eigenvalue weighted by Crippen LogP contribution is -2.45. The van der Waals surface area contributed by atoms with E-state index in [4.69, 9.17) is 4.43 Å². The topological polar surface area (TPSA) is 55.4 Å². The van der Waals surface area contributed by atoms with E-state index in [1.165, 1.54) is 0 Å². The average molecular weight is 243 g/mol. The molecule has 0 bridgehead atoms. The Balaban J connectivity index is 2.52. The summed E-state index contributed by atoms with van der Waals surface area (Å²) < 4.78 is 5.90. The van der Waals surface area contributed by atoms with Crippen molar-refractivity contribution in [2.45, 2.75) is 51.4 Å². The zero-order chi connectivity index (χ0) is 12.6. The Bertz CT molecular complexity index is 307. The maximum absolute atomic E-state index is 11.4. The van der Waals surface area contributed by atoms with Gasteiger partial charge in [0.05, 0.1) is 13.0 Å². The Morgan fingerprint density at radius 1 is 1.38 bits per heavy atom. The molecule has 0 unspecified atom stereocenters. The van der Waals surface area contributed by atoms with E-state index in [2.05, 4.69) is 39.2 Å². The van der Waals surface area contributed by atoms with E-state index < -0.39 is 14.4 Å². The summed E-state index contributed by atoms with van der Waals surface area (Å²) in [5.74, 6) is -0.238. The van der Waals surface area contributed by atoms with Gasteiger partial charge in [-0.15, -0.1) is 0 Å². The molecule has 1 heterocycles. The molecule has 0 saturated carbocycles. The maximum atomic E-state index is 11.4. The molecule has 0 spiro atoms. The molecular weight excluding hydrogens is 222 g/mol. The number of carbonyl (C=O) groups excluding carboxylic acids is 2. The predicted octanol–water partition coefficient (Wildman–Crippen LogP) is 1.47. The van der Waals surface area contributed by atoms with Crippen LogP contribution in [0.2, 0.25) is 18.1 Å². The van der Waals surface area contributed by atoms with Gasteiger partial charge in [-0.25, -0.2) is 0 Å². The Morgan fingerprint density at radius 2 is 1.94 bits per heavy atom. The van der Waals surface area contributed by atoms with Gasteiger partial charge in [0.1, 0.15) is 6.04 Å². The standard InChI is InChI=1S/C11H21NO3Si/c1-11(2,3)16(4,5)15-7-8-9(13)6-10(14)12-8/h8H,6-7H2,1-5H3,(H,12,14)/t8-/m0/s1. The number of rotatable bonds is 3. The van der Waals surface area contributed by atoms with E-state index in [-0.39, 0.29) is 23.1 Å². The summed E-state index contributed by atoms with van der Waals surface area (Å²) in [4.78, 5) is 22.4. The van der Waals surface area contributed by atoms with Gasteiger partial charge < -0.3 is 9.74 Å². The minimum atomic E-state index is -1.83. The van der Waals surface area contributed by atoms with Crippen molar-refractivity contribution in [3.63, 3.8) is 0 Å². The van der Waals surface area contributed by atoms with Crippen molar-refractivity contribution in [3.8, 4) is 0 Å². The number of hydrogen-bond acceptors (Lipinski definition) is 3. The molecule has 5 heteroatoms. The third kappa shape index (κ3) is 2.92. The molecule has 16 heavy (non-hydrogen) atoms. The van der Waals surface area contributed by atoms with E-state index in [1.54, 1.807) is 0 Å². The number of nitrogens with one attached hydrogen (secondary N) is 1. The number of amides is 1. The molecule has 1 amide bonds. The van der Waals surface area contributed by atoms with Gasteiger partial charge in [0, 0.05) is 0 Å². The van der Waals surface area contributed by atoms with E-state index >= 15 is 0 Å². The fraction of sp³-hybridized carbons (Fsp3) is 0.818. The second kappa shape index (κ2) is 4.29. The molecule has 1 aliphatic heterocycles. The van der Waals surface area contributed by atoms with Gasteiger partial charge in [-0.1, -0.05) is 20.8 Å². The molecule has 0 radical (unpaired) electrons. The summed E-state index contributed by atoms with van der Waals surface area (Å²) in [6, 6.07) is -0.429. The lowest BCUT2D eigenvalue weighted by Gasteiger charge is -2.36. The SMILES string of the molecule is CC(C)(C)[Si](C)(C)OC[C@@H]1NC(=O)CC1=O. The quantitative estimate of drug-likeness (QED) is 0.603. The van der Waals surface area contributed by atoms with Crippen LogP contribution < -0.4 is 5.32 Å². The van der Waals surface area contributed by atoms with E-state index in [1.807, 2.05) is 0 Å². The van der Waals surface area contributed by atoms with Gasteiger partial charge in [-0.2, -0.15) is 0 Å². The first-order valence-electron chi connectivity index (χ1n) is 5.59. The third-order valence-electron chi connectivity index (χ3n) is 3.48. The van der Waals surface area contributed by atoms with Crippen molar-refractivity contribution in [2.75, 3.05) is 6.61 Å². The molecule has 1 atom stereocenters. The summed E-state index contributed by atoms with van der Waals surface area (Å²) in [6.07, 6.45) is 0.00548. The van der Waals surface area contributed by atoms with Crippen molar-refractivity contribution in [1.82, 2.24) is 5.32 Å². The fourth-order valence-corrected chi connectivity index (χ4v) is 2.27. The molecule has 0 aromatic heterocycles. The van der Waals surface area contributed by atoms with Gasteiger partial charge in [-0.3, -0.25) is 9.59 Å². The van der Waals surface area contributed by atoms with E-state index in [0.29, 0.717) is 6.61 Å². The van der Waals surface area contributed by atoms with Crippen LogP contribution in [0, 0.1) is 0 Å². The molecule has 1 rings (SSSR count). The van der Waals surface area contributed by atoms with Crippen LogP contribution in [0.5, 0.6) is 0 Å². The smallest absolute Gasteiger partial charge is 0.228 e. The first-order chi connectivity index (χ1) is 7.13. The molecular formula is C11H21NO3Si. The van der Waals surface area contributed by atoms with Crippen LogP contribution in [0.4, 0.5) is 0 Å². The molecule has 1 N–H and O–H groups in total. The molecule has 0 aromatic carbocycles. The average Bonchev–Trinajstić information content (AvgIpc) is 2.39. The van der Waals surface area contributed by atoms with Gasteiger partial charge in [0.2, 0.25) is 5.91 Å². The van der Waals surface area contributed by atoms with E-state index in [9.17, 15) is 9.59 Å². The number of ketones is 1. The monoisotopic (exact) mass is 243 g/mol. The van der Waals surface area contributed by atoms with Crippen molar-refractivity contribution in [1.29, 1.82) is 0 Å². The van der Waals surface area contributed by atoms with Crippen molar-refractivity contribution >= 4 is 20.0 Å². The predicted molar refractivity (Wildman–Crippen MR) is 64.7 cm³/mol. The highest BCUT2D eigenvalue weighted by atomic mass is 28.4. The Kier molecular flexibility index (Phi) is 3.59. The number of Topliss-reactive ketones (excluding diaryl/α,β-unsaturated/α-hetero) is 1. The highest BCUT2D eigenvalue weighted by molar-refractivity contribution is 6.74. The van der Waals surface area contributed by atoms with Crippen LogP contribution in [0.15, 0.2) is 0 Å². The summed E-state index contributed by atoms with van der Waals surface area (Å²) >= 11 is 0. The normalized spacial score (nSPS) is 22.4. The fourth-order valence-electron chi connectivity index (χ4n) is 1.25. The van der Waals surface area contributed by atoms with Crippen LogP contribution in [0.3, 0.4) is 0 Å². The third-order valence-corrected chi connectivity index (χ3v) is 7.98. The second-order valence-corrected chi connectivity index (χ2v) is 10.6. The summed E-state index contributed by atoms with van der Waals surface area (Å²) in [5.41, 5.74) is 0. The zero-order valence-corrected chi connectivity index (χ0v) is 11.7. The molecule has 0 aliphatic carbocycles. The van der Waals surface area contributed by atoms with Crippen molar-refractivity contribution < 1.29 is 14.0 Å². The van der Waals surface area contributed by atoms with Crippen LogP contribution in [0.25, 0.3) is 0 Å². The van der Waals surface area contributed by atoms with Crippen LogP contribution >= 0.6 is 0 Å². The zero-order valence-electron chi connectivity index (χ0n) is 10.7. The molecule has 1 aliphatic rings. The van der Waals surface area contributed by atoms with Crippen molar-refractivity contribution in [3.05, 3.63) is 0 Å². The van der Waals surface area contributed by atoms with Gasteiger partial charge in [-0.05, 0) is 18.1 Å². The van der Waals surface area contributed by atoms with Crippen LogP contribution in [-0.4, -0.2) is 32.7 Å². The Hall–Kier alpha value is -0.683. The minimum Gasteiger partial charge on any atom is -0.414 e. The summed E-state index contributed by atoms with van der Waals surface area (Å²) in [7, 11) is -1.83. The minimum absolute atomic E-state index is 0.00548. The first-order valence-corrected chi connectivity index (χ1v) is 8.50. The molecule has 1 saturated heterocycles. The summed E-state index contributed by atoms with van der Waals surface area (Å²) in [6.45, 7) is 11.0. The molecule has 4 nitrogen and oxygen atoms in total. The molecule has 1 fully saturated rings. The summed E-state index contributed by atoms with van der Waals surface area (Å²) in [5, 5.41) is 2.76. The van der Waals surface area contributed by atoms with Gasteiger partial charge >= 0.3 is 0 Å². The van der Waals surface area contributed by atoms with Crippen molar-refractivity contribution in [2.24, 2.45) is 0 Å². The van der Waals surface area contributed by atoms with Gasteiger partial charge in [0.15, 0.2) is 14.1 Å². The van der Waals surface area contributed by atoms with Crippen LogP contribution in [-0.2, 0) is 14.0 Å². The van der Waals surface area contributed by atoms with Crippen LogP contribution in [0.1, 0.15) is 27.2 Å². The second-order valence-electron chi connectivity index (χ2n) is 5.83. The van der Waals surface area contributed by atoms with Gasteiger partial charge in [0.25, 0.3) is 0 Å².